The molecule has 2 nitrogen and oxygen atoms in total. The van der Waals surface area contributed by atoms with Gasteiger partial charge in [0.15, 0.2) is 0 Å². The van der Waals surface area contributed by atoms with Crippen molar-refractivity contribution in [1.29, 1.82) is 0 Å². The molecule has 1 N–H and O–H groups in total. The first-order valence-electron chi connectivity index (χ1n) is 7.10. The fourth-order valence-corrected chi connectivity index (χ4v) is 5.55. The second kappa shape index (κ2) is 7.71. The number of nitrogens with one attached hydrogen (secondary N) is 1. The van der Waals surface area contributed by atoms with E-state index >= 15 is 0 Å². The molecule has 0 aliphatic carbocycles. The predicted molar refractivity (Wildman–Crippen MR) is 83.5 cm³/mol. The molecule has 0 amide bonds. The van der Waals surface area contributed by atoms with Gasteiger partial charge in [0.05, 0.1) is 12.9 Å². The van der Waals surface area contributed by atoms with Crippen LogP contribution in [0.5, 0.6) is 0 Å². The Bertz CT molecular complexity index is 283. The lowest BCUT2D eigenvalue weighted by molar-refractivity contribution is 0.219. The van der Waals surface area contributed by atoms with Crippen molar-refractivity contribution >= 4 is 23.5 Å². The van der Waals surface area contributed by atoms with Gasteiger partial charge in [-0.1, -0.05) is 13.8 Å². The van der Waals surface area contributed by atoms with Crippen LogP contribution in [0.15, 0.2) is 11.8 Å². The highest BCUT2D eigenvalue weighted by molar-refractivity contribution is 8.07. The molecular formula is C14H25NOS2. The molecule has 1 saturated heterocycles. The Balaban J connectivity index is 2.05. The van der Waals surface area contributed by atoms with Crippen molar-refractivity contribution in [2.24, 2.45) is 0 Å². The monoisotopic (exact) mass is 287 g/mol. The van der Waals surface area contributed by atoms with E-state index in [9.17, 15) is 0 Å². The van der Waals surface area contributed by atoms with Crippen molar-refractivity contribution in [3.05, 3.63) is 11.8 Å². The Morgan fingerprint density at radius 3 is 2.94 bits per heavy atom. The van der Waals surface area contributed by atoms with E-state index in [0.717, 1.165) is 18.4 Å². The second-order valence-corrected chi connectivity index (χ2v) is 7.78. The zero-order valence-corrected chi connectivity index (χ0v) is 13.1. The molecule has 3 unspecified atom stereocenters. The van der Waals surface area contributed by atoms with Gasteiger partial charge >= 0.3 is 0 Å². The number of hydrogen-bond acceptors (Lipinski definition) is 4. The normalized spacial score (nSPS) is 30.4. The van der Waals surface area contributed by atoms with Gasteiger partial charge in [-0.3, -0.25) is 0 Å². The maximum absolute atomic E-state index is 5.55. The van der Waals surface area contributed by atoms with Crippen LogP contribution in [-0.4, -0.2) is 41.2 Å². The van der Waals surface area contributed by atoms with Crippen molar-refractivity contribution in [1.82, 2.24) is 5.32 Å². The number of thioether (sulfide) groups is 2. The highest BCUT2D eigenvalue weighted by Crippen LogP contribution is 2.36. The average molecular weight is 287 g/mol. The van der Waals surface area contributed by atoms with E-state index in [1.807, 2.05) is 6.26 Å². The lowest BCUT2D eigenvalue weighted by atomic mass is 9.97. The van der Waals surface area contributed by atoms with Crippen molar-refractivity contribution in [3.8, 4) is 0 Å². The molecule has 0 aromatic rings. The van der Waals surface area contributed by atoms with Crippen LogP contribution in [0.1, 0.15) is 33.1 Å². The lowest BCUT2D eigenvalue weighted by Crippen LogP contribution is -2.46. The van der Waals surface area contributed by atoms with Gasteiger partial charge < -0.3 is 10.1 Å². The molecule has 0 radical (unpaired) electrons. The van der Waals surface area contributed by atoms with Crippen LogP contribution in [0.2, 0.25) is 0 Å². The van der Waals surface area contributed by atoms with E-state index in [4.69, 9.17) is 4.74 Å². The molecule has 2 rings (SSSR count). The minimum absolute atomic E-state index is 0.512. The van der Waals surface area contributed by atoms with Crippen LogP contribution in [0.3, 0.4) is 0 Å². The largest absolute Gasteiger partial charge is 0.501 e. The molecule has 0 spiro atoms. The lowest BCUT2D eigenvalue weighted by Gasteiger charge is -2.37. The molecule has 3 atom stereocenters. The summed E-state index contributed by atoms with van der Waals surface area (Å²) in [6.07, 6.45) is 5.61. The summed E-state index contributed by atoms with van der Waals surface area (Å²) < 4.78 is 5.55. The summed E-state index contributed by atoms with van der Waals surface area (Å²) in [5.41, 5.74) is 1.49. The van der Waals surface area contributed by atoms with Crippen molar-refractivity contribution in [2.75, 3.05) is 24.7 Å². The van der Waals surface area contributed by atoms with Crippen LogP contribution >= 0.6 is 23.5 Å². The third kappa shape index (κ3) is 3.84. The Kier molecular flexibility index (Phi) is 6.25. The van der Waals surface area contributed by atoms with Crippen LogP contribution in [0.25, 0.3) is 0 Å². The first-order chi connectivity index (χ1) is 8.83. The van der Waals surface area contributed by atoms with Crippen molar-refractivity contribution in [2.45, 2.75) is 49.7 Å². The molecule has 4 heteroatoms. The molecule has 2 heterocycles. The SMILES string of the molecule is CCCNC(C1=COCCC1)C1SCCSC1C. The maximum Gasteiger partial charge on any atom is 0.0876 e. The van der Waals surface area contributed by atoms with Crippen LogP contribution in [0, 0.1) is 0 Å². The van der Waals surface area contributed by atoms with Crippen molar-refractivity contribution in [3.63, 3.8) is 0 Å². The molecule has 1 fully saturated rings. The Morgan fingerprint density at radius 2 is 2.28 bits per heavy atom. The molecule has 18 heavy (non-hydrogen) atoms. The molecule has 0 aromatic carbocycles. The average Bonchev–Trinajstić information content (AvgIpc) is 2.42. The quantitative estimate of drug-likeness (QED) is 0.837. The molecule has 0 aromatic heterocycles. The van der Waals surface area contributed by atoms with E-state index in [1.165, 1.54) is 36.3 Å². The fourth-order valence-electron chi connectivity index (χ4n) is 2.59. The first-order valence-corrected chi connectivity index (χ1v) is 9.19. The highest BCUT2D eigenvalue weighted by Gasteiger charge is 2.32. The van der Waals surface area contributed by atoms with Gasteiger partial charge in [0.1, 0.15) is 0 Å². The zero-order chi connectivity index (χ0) is 12.8. The summed E-state index contributed by atoms with van der Waals surface area (Å²) in [7, 11) is 0. The minimum atomic E-state index is 0.512. The van der Waals surface area contributed by atoms with Gasteiger partial charge in [0, 0.05) is 28.0 Å². The highest BCUT2D eigenvalue weighted by atomic mass is 32.2. The summed E-state index contributed by atoms with van der Waals surface area (Å²) in [6, 6.07) is 0.512. The van der Waals surface area contributed by atoms with Crippen LogP contribution in [0.4, 0.5) is 0 Å². The van der Waals surface area contributed by atoms with Crippen LogP contribution < -0.4 is 5.32 Å². The molecule has 2 aliphatic rings. The molecular weight excluding hydrogens is 262 g/mol. The van der Waals surface area contributed by atoms with E-state index in [0.29, 0.717) is 11.3 Å². The summed E-state index contributed by atoms with van der Waals surface area (Å²) in [5.74, 6) is 2.59. The van der Waals surface area contributed by atoms with E-state index in [2.05, 4.69) is 42.7 Å². The Morgan fingerprint density at radius 1 is 1.44 bits per heavy atom. The second-order valence-electron chi connectivity index (χ2n) is 5.01. The summed E-state index contributed by atoms with van der Waals surface area (Å²) >= 11 is 4.27. The van der Waals surface area contributed by atoms with Gasteiger partial charge in [0.25, 0.3) is 0 Å². The Hall–Kier alpha value is 0.200. The molecule has 0 bridgehead atoms. The van der Waals surface area contributed by atoms with Gasteiger partial charge in [-0.2, -0.15) is 23.5 Å². The van der Waals surface area contributed by atoms with Gasteiger partial charge in [-0.15, -0.1) is 0 Å². The number of ether oxygens (including phenoxy) is 1. The molecule has 0 saturated carbocycles. The van der Waals surface area contributed by atoms with Gasteiger partial charge in [-0.05, 0) is 31.4 Å². The maximum atomic E-state index is 5.55. The number of hydrogen-bond donors (Lipinski definition) is 1. The third-order valence-electron chi connectivity index (χ3n) is 3.54. The van der Waals surface area contributed by atoms with Crippen molar-refractivity contribution < 1.29 is 4.74 Å². The first kappa shape index (κ1) is 14.6. The van der Waals surface area contributed by atoms with E-state index in [-0.39, 0.29) is 0 Å². The van der Waals surface area contributed by atoms with E-state index in [1.54, 1.807) is 0 Å². The molecule has 2 aliphatic heterocycles. The zero-order valence-electron chi connectivity index (χ0n) is 11.5. The predicted octanol–water partition coefficient (Wildman–Crippen LogP) is 3.29. The van der Waals surface area contributed by atoms with Gasteiger partial charge in [0.2, 0.25) is 0 Å². The fraction of sp³-hybridized carbons (Fsp3) is 0.857. The summed E-state index contributed by atoms with van der Waals surface area (Å²) in [5, 5.41) is 5.19. The smallest absolute Gasteiger partial charge is 0.0876 e. The van der Waals surface area contributed by atoms with E-state index < -0.39 is 0 Å². The third-order valence-corrected chi connectivity index (χ3v) is 6.74. The minimum Gasteiger partial charge on any atom is -0.501 e. The molecule has 104 valence electrons. The summed E-state index contributed by atoms with van der Waals surface area (Å²) in [6.45, 7) is 6.62. The Labute approximate surface area is 120 Å². The topological polar surface area (TPSA) is 21.3 Å². The standard InChI is InChI=1S/C14H25NOS2/c1-3-6-15-13(12-5-4-7-16-10-12)14-11(2)17-8-9-18-14/h10-11,13-15H,3-9H2,1-2H3. The number of rotatable bonds is 5. The summed E-state index contributed by atoms with van der Waals surface area (Å²) in [4.78, 5) is 0. The van der Waals surface area contributed by atoms with Gasteiger partial charge in [-0.25, -0.2) is 0 Å². The van der Waals surface area contributed by atoms with Crippen LogP contribution in [-0.2, 0) is 4.74 Å².